The zero-order valence-electron chi connectivity index (χ0n) is 8.43. The molecular weight excluding hydrogens is 201 g/mol. The van der Waals surface area contributed by atoms with Gasteiger partial charge in [-0.1, -0.05) is 31.5 Å². The molecule has 1 aromatic rings. The topological polar surface area (TPSA) is 26.0 Å². The van der Waals surface area contributed by atoms with E-state index in [1.54, 1.807) is 12.1 Å². The average molecular weight is 216 g/mol. The van der Waals surface area contributed by atoms with Gasteiger partial charge in [-0.2, -0.15) is 0 Å². The van der Waals surface area contributed by atoms with Crippen molar-refractivity contribution >= 4 is 11.6 Å². The van der Waals surface area contributed by atoms with Crippen molar-refractivity contribution in [1.82, 2.24) is 0 Å². The van der Waals surface area contributed by atoms with Crippen LogP contribution in [0.2, 0.25) is 5.02 Å². The minimum Gasteiger partial charge on any atom is -0.324 e. The van der Waals surface area contributed by atoms with Crippen LogP contribution in [0.15, 0.2) is 18.2 Å². The number of rotatable bonds is 3. The Balaban J connectivity index is 2.80. The molecule has 0 aliphatic rings. The highest BCUT2D eigenvalue weighted by Crippen LogP contribution is 2.22. The van der Waals surface area contributed by atoms with Crippen LogP contribution in [0.25, 0.3) is 0 Å². The SMILES string of the molecule is CC(C)CC(N)c1ccc(Cl)c(F)c1. The summed E-state index contributed by atoms with van der Waals surface area (Å²) in [4.78, 5) is 0. The van der Waals surface area contributed by atoms with Gasteiger partial charge in [0.15, 0.2) is 0 Å². The first-order valence-electron chi connectivity index (χ1n) is 4.71. The van der Waals surface area contributed by atoms with Crippen LogP contribution in [-0.4, -0.2) is 0 Å². The number of hydrogen-bond donors (Lipinski definition) is 1. The second-order valence-corrected chi connectivity index (χ2v) is 4.32. The molecule has 0 saturated heterocycles. The van der Waals surface area contributed by atoms with E-state index in [9.17, 15) is 4.39 Å². The molecule has 1 unspecified atom stereocenters. The van der Waals surface area contributed by atoms with Crippen molar-refractivity contribution in [3.63, 3.8) is 0 Å². The lowest BCUT2D eigenvalue weighted by molar-refractivity contribution is 0.507. The van der Waals surface area contributed by atoms with Crippen LogP contribution in [0.4, 0.5) is 4.39 Å². The molecule has 0 saturated carbocycles. The third-order valence-electron chi connectivity index (χ3n) is 2.10. The van der Waals surface area contributed by atoms with E-state index in [1.807, 2.05) is 0 Å². The predicted molar refractivity (Wildman–Crippen MR) is 57.8 cm³/mol. The van der Waals surface area contributed by atoms with Crippen molar-refractivity contribution < 1.29 is 4.39 Å². The first-order chi connectivity index (χ1) is 6.50. The highest BCUT2D eigenvalue weighted by molar-refractivity contribution is 6.30. The molecule has 0 bridgehead atoms. The Morgan fingerprint density at radius 1 is 1.43 bits per heavy atom. The predicted octanol–water partition coefficient (Wildman–Crippen LogP) is 3.53. The normalized spacial score (nSPS) is 13.3. The zero-order valence-corrected chi connectivity index (χ0v) is 9.18. The molecule has 0 fully saturated rings. The molecule has 0 aliphatic carbocycles. The number of benzene rings is 1. The summed E-state index contributed by atoms with van der Waals surface area (Å²) in [5.74, 6) is 0.104. The Morgan fingerprint density at radius 3 is 2.57 bits per heavy atom. The third kappa shape index (κ3) is 2.96. The molecular formula is C11H15ClFN. The Morgan fingerprint density at radius 2 is 2.07 bits per heavy atom. The molecule has 0 heterocycles. The highest BCUT2D eigenvalue weighted by Gasteiger charge is 2.10. The van der Waals surface area contributed by atoms with E-state index in [4.69, 9.17) is 17.3 Å². The van der Waals surface area contributed by atoms with Crippen LogP contribution >= 0.6 is 11.6 Å². The summed E-state index contributed by atoms with van der Waals surface area (Å²) in [5.41, 5.74) is 6.71. The van der Waals surface area contributed by atoms with Crippen molar-refractivity contribution in [2.75, 3.05) is 0 Å². The Bertz CT molecular complexity index is 312. The molecule has 0 radical (unpaired) electrons. The van der Waals surface area contributed by atoms with Gasteiger partial charge in [-0.3, -0.25) is 0 Å². The summed E-state index contributed by atoms with van der Waals surface area (Å²) in [6, 6.07) is 4.63. The maximum Gasteiger partial charge on any atom is 0.142 e. The molecule has 78 valence electrons. The molecule has 14 heavy (non-hydrogen) atoms. The van der Waals surface area contributed by atoms with Crippen molar-refractivity contribution in [1.29, 1.82) is 0 Å². The minimum atomic E-state index is -0.400. The van der Waals surface area contributed by atoms with Crippen LogP contribution < -0.4 is 5.73 Å². The summed E-state index contributed by atoms with van der Waals surface area (Å²) in [6.07, 6.45) is 0.848. The van der Waals surface area contributed by atoms with E-state index in [0.717, 1.165) is 12.0 Å². The van der Waals surface area contributed by atoms with Crippen LogP contribution in [0.5, 0.6) is 0 Å². The van der Waals surface area contributed by atoms with Gasteiger partial charge in [-0.25, -0.2) is 4.39 Å². The Labute approximate surface area is 89.1 Å². The maximum absolute atomic E-state index is 13.1. The number of halogens is 2. The third-order valence-corrected chi connectivity index (χ3v) is 2.40. The zero-order chi connectivity index (χ0) is 10.7. The van der Waals surface area contributed by atoms with Crippen LogP contribution in [0.3, 0.4) is 0 Å². The maximum atomic E-state index is 13.1. The second kappa shape index (κ2) is 4.76. The second-order valence-electron chi connectivity index (χ2n) is 3.91. The van der Waals surface area contributed by atoms with Crippen molar-refractivity contribution in [3.05, 3.63) is 34.6 Å². The highest BCUT2D eigenvalue weighted by atomic mass is 35.5. The smallest absolute Gasteiger partial charge is 0.142 e. The van der Waals surface area contributed by atoms with Gasteiger partial charge in [0.1, 0.15) is 5.82 Å². The molecule has 0 spiro atoms. The molecule has 2 N–H and O–H groups in total. The molecule has 0 amide bonds. The van der Waals surface area contributed by atoms with Gasteiger partial charge in [0.25, 0.3) is 0 Å². The Kier molecular flexibility index (Phi) is 3.90. The fourth-order valence-corrected chi connectivity index (χ4v) is 1.50. The van der Waals surface area contributed by atoms with E-state index in [0.29, 0.717) is 5.92 Å². The van der Waals surface area contributed by atoms with Crippen LogP contribution in [0.1, 0.15) is 31.9 Å². The number of nitrogens with two attached hydrogens (primary N) is 1. The summed E-state index contributed by atoms with van der Waals surface area (Å²) in [6.45, 7) is 4.18. The summed E-state index contributed by atoms with van der Waals surface area (Å²) in [5, 5.41) is 0.144. The van der Waals surface area contributed by atoms with Crippen molar-refractivity contribution in [2.45, 2.75) is 26.3 Å². The van der Waals surface area contributed by atoms with Crippen molar-refractivity contribution in [2.24, 2.45) is 11.7 Å². The lowest BCUT2D eigenvalue weighted by Crippen LogP contribution is -2.13. The van der Waals surface area contributed by atoms with Gasteiger partial charge in [-0.15, -0.1) is 0 Å². The molecule has 1 atom stereocenters. The fraction of sp³-hybridized carbons (Fsp3) is 0.455. The molecule has 1 aromatic carbocycles. The average Bonchev–Trinajstić information content (AvgIpc) is 2.08. The van der Waals surface area contributed by atoms with Crippen LogP contribution in [0, 0.1) is 11.7 Å². The quantitative estimate of drug-likeness (QED) is 0.820. The largest absolute Gasteiger partial charge is 0.324 e. The first kappa shape index (κ1) is 11.5. The molecule has 1 rings (SSSR count). The lowest BCUT2D eigenvalue weighted by atomic mass is 9.98. The lowest BCUT2D eigenvalue weighted by Gasteiger charge is -2.14. The van der Waals surface area contributed by atoms with Crippen molar-refractivity contribution in [3.8, 4) is 0 Å². The minimum absolute atomic E-state index is 0.109. The van der Waals surface area contributed by atoms with Gasteiger partial charge < -0.3 is 5.73 Å². The monoisotopic (exact) mass is 215 g/mol. The Hall–Kier alpha value is -0.600. The summed E-state index contributed by atoms with van der Waals surface area (Å²) < 4.78 is 13.1. The van der Waals surface area contributed by atoms with Gasteiger partial charge in [-0.05, 0) is 30.0 Å². The van der Waals surface area contributed by atoms with E-state index in [1.165, 1.54) is 6.07 Å². The summed E-state index contributed by atoms with van der Waals surface area (Å²) in [7, 11) is 0. The standard InChI is InChI=1S/C11H15ClFN/c1-7(2)5-11(14)8-3-4-9(12)10(13)6-8/h3-4,6-7,11H,5,14H2,1-2H3. The molecule has 0 aliphatic heterocycles. The molecule has 0 aromatic heterocycles. The van der Waals surface area contributed by atoms with E-state index >= 15 is 0 Å². The van der Waals surface area contributed by atoms with Gasteiger partial charge in [0, 0.05) is 6.04 Å². The van der Waals surface area contributed by atoms with E-state index < -0.39 is 5.82 Å². The number of hydrogen-bond acceptors (Lipinski definition) is 1. The first-order valence-corrected chi connectivity index (χ1v) is 5.09. The fourth-order valence-electron chi connectivity index (χ4n) is 1.39. The van der Waals surface area contributed by atoms with E-state index in [2.05, 4.69) is 13.8 Å². The van der Waals surface area contributed by atoms with Gasteiger partial charge in [0.05, 0.1) is 5.02 Å². The molecule has 3 heteroatoms. The van der Waals surface area contributed by atoms with Gasteiger partial charge >= 0.3 is 0 Å². The van der Waals surface area contributed by atoms with Gasteiger partial charge in [0.2, 0.25) is 0 Å². The molecule has 1 nitrogen and oxygen atoms in total. The summed E-state index contributed by atoms with van der Waals surface area (Å²) >= 11 is 5.58. The van der Waals surface area contributed by atoms with E-state index in [-0.39, 0.29) is 11.1 Å². The van der Waals surface area contributed by atoms with Crippen LogP contribution in [-0.2, 0) is 0 Å².